The molecule has 0 saturated carbocycles. The number of carbonyl (C=O) groups excluding carboxylic acids is 2. The molecule has 0 atom stereocenters. The van der Waals surface area contributed by atoms with Crippen LogP contribution in [0.4, 0.5) is 33.3 Å². The number of rotatable bonds is 7. The minimum atomic E-state index is -4.55. The van der Waals surface area contributed by atoms with E-state index in [1.165, 1.54) is 22.5 Å². The van der Waals surface area contributed by atoms with Crippen LogP contribution < -0.4 is 15.8 Å². The summed E-state index contributed by atoms with van der Waals surface area (Å²) in [5, 5.41) is 17.2. The van der Waals surface area contributed by atoms with E-state index >= 15 is 0 Å². The first-order valence-electron chi connectivity index (χ1n) is 15.8. The third-order valence-corrected chi connectivity index (χ3v) is 8.72. The number of fused-ring (bicyclic) bond motifs is 1. The molecule has 2 aromatic heterocycles. The number of aromatic nitrogens is 4. The summed E-state index contributed by atoms with van der Waals surface area (Å²) >= 11 is 0. The highest BCUT2D eigenvalue weighted by Gasteiger charge is 2.33. The van der Waals surface area contributed by atoms with Crippen molar-refractivity contribution in [2.75, 3.05) is 49.6 Å². The van der Waals surface area contributed by atoms with Gasteiger partial charge in [-0.3, -0.25) is 14.4 Å². The van der Waals surface area contributed by atoms with Crippen LogP contribution in [0.3, 0.4) is 0 Å². The molecule has 1 fully saturated rings. The van der Waals surface area contributed by atoms with Crippen LogP contribution in [0.1, 0.15) is 46.3 Å². The topological polar surface area (TPSA) is 134 Å². The number of anilines is 2. The van der Waals surface area contributed by atoms with Gasteiger partial charge in [-0.2, -0.15) is 22.7 Å². The predicted octanol–water partition coefficient (Wildman–Crippen LogP) is 4.17. The lowest BCUT2D eigenvalue weighted by molar-refractivity contribution is -0.137. The Balaban J connectivity index is 1.35. The fourth-order valence-corrected chi connectivity index (χ4v) is 6.14. The molecular formula is C33H32F5N7O5. The van der Waals surface area contributed by atoms with Gasteiger partial charge in [0.25, 0.3) is 11.5 Å². The van der Waals surface area contributed by atoms with E-state index in [1.807, 2.05) is 0 Å². The largest absolute Gasteiger partial charge is 0.504 e. The molecule has 2 N–H and O–H groups in total. The zero-order valence-corrected chi connectivity index (χ0v) is 27.0. The van der Waals surface area contributed by atoms with Gasteiger partial charge in [-0.15, -0.1) is 5.10 Å². The molecule has 50 heavy (non-hydrogen) atoms. The second-order valence-electron chi connectivity index (χ2n) is 11.8. The van der Waals surface area contributed by atoms with Crippen LogP contribution in [0.2, 0.25) is 0 Å². The number of alkyl halides is 3. The van der Waals surface area contributed by atoms with Crippen LogP contribution in [-0.4, -0.2) is 80.4 Å². The molecule has 2 amide bonds. The van der Waals surface area contributed by atoms with Crippen molar-refractivity contribution in [3.8, 4) is 5.75 Å². The number of aryl methyl sites for hydroxylation is 1. The van der Waals surface area contributed by atoms with Crippen molar-refractivity contribution >= 4 is 34.5 Å². The summed E-state index contributed by atoms with van der Waals surface area (Å²) in [6, 6.07) is 4.44. The lowest BCUT2D eigenvalue weighted by atomic mass is 10.1. The standard InChI is InChI=1S/C33H32F5N7O5/c1-3-24-27(42-10-12-43(13-11-42)30(48)26-21(34)5-6-22(35)28(26)47)31(49)45-32(40-29(41-45)19-8-14-50-15-9-19)44(24)17-25(46)39-23-7-4-20(16-18(23)2)33(36,37)38/h4-8,16,47H,3,9-15,17H2,1-2H3,(H,39,46). The molecule has 17 heteroatoms. The number of nitrogens with one attached hydrogen (secondary N) is 1. The van der Waals surface area contributed by atoms with E-state index in [1.54, 1.807) is 17.9 Å². The average Bonchev–Trinajstić information content (AvgIpc) is 3.55. The Kier molecular flexibility index (Phi) is 9.35. The lowest BCUT2D eigenvalue weighted by Crippen LogP contribution is -2.51. The van der Waals surface area contributed by atoms with Gasteiger partial charge in [-0.05, 0) is 61.2 Å². The lowest BCUT2D eigenvalue weighted by Gasteiger charge is -2.37. The summed E-state index contributed by atoms with van der Waals surface area (Å²) in [5.41, 5.74) is -0.464. The predicted molar refractivity (Wildman–Crippen MR) is 171 cm³/mol. The maximum Gasteiger partial charge on any atom is 0.416 e. The summed E-state index contributed by atoms with van der Waals surface area (Å²) in [5.74, 6) is -4.48. The van der Waals surface area contributed by atoms with E-state index < -0.39 is 52.1 Å². The second kappa shape index (κ2) is 13.5. The zero-order chi connectivity index (χ0) is 35.9. The summed E-state index contributed by atoms with van der Waals surface area (Å²) in [7, 11) is 0. The molecule has 264 valence electrons. The van der Waals surface area contributed by atoms with Gasteiger partial charge in [-0.25, -0.2) is 8.78 Å². The second-order valence-corrected chi connectivity index (χ2v) is 11.8. The average molecular weight is 702 g/mol. The number of halogens is 5. The number of aromatic hydroxyl groups is 1. The molecule has 0 unspecified atom stereocenters. The molecule has 2 aromatic carbocycles. The van der Waals surface area contributed by atoms with Gasteiger partial charge < -0.3 is 29.5 Å². The highest BCUT2D eigenvalue weighted by molar-refractivity contribution is 5.97. The van der Waals surface area contributed by atoms with E-state index in [2.05, 4.69) is 15.4 Å². The number of nitrogens with zero attached hydrogens (tertiary/aromatic N) is 6. The Bertz CT molecular complexity index is 2080. The number of amides is 2. The molecule has 4 aromatic rings. The number of phenols is 1. The van der Waals surface area contributed by atoms with Crippen LogP contribution in [0, 0.1) is 18.6 Å². The number of phenolic OH excluding ortho intramolecular Hbond substituents is 1. The van der Waals surface area contributed by atoms with Crippen LogP contribution in [0.15, 0.2) is 41.2 Å². The molecule has 2 aliphatic rings. The van der Waals surface area contributed by atoms with Crippen molar-refractivity contribution in [2.45, 2.75) is 39.4 Å². The van der Waals surface area contributed by atoms with Gasteiger partial charge >= 0.3 is 6.18 Å². The summed E-state index contributed by atoms with van der Waals surface area (Å²) in [6.07, 6.45) is -2.02. The number of piperazine rings is 1. The van der Waals surface area contributed by atoms with E-state index in [0.717, 1.165) is 28.3 Å². The molecule has 0 aliphatic carbocycles. The van der Waals surface area contributed by atoms with Crippen LogP contribution in [-0.2, 0) is 28.7 Å². The maximum absolute atomic E-state index is 14.5. The molecule has 0 radical (unpaired) electrons. The monoisotopic (exact) mass is 701 g/mol. The van der Waals surface area contributed by atoms with Gasteiger partial charge in [0, 0.05) is 31.9 Å². The Morgan fingerprint density at radius 3 is 2.42 bits per heavy atom. The van der Waals surface area contributed by atoms with Crippen molar-refractivity contribution in [1.82, 2.24) is 24.1 Å². The van der Waals surface area contributed by atoms with Crippen LogP contribution in [0.25, 0.3) is 11.4 Å². The Labute approximate surface area is 281 Å². The number of ether oxygens (including phenoxy) is 1. The van der Waals surface area contributed by atoms with Gasteiger partial charge in [-0.1, -0.05) is 13.0 Å². The van der Waals surface area contributed by atoms with Crippen molar-refractivity contribution in [1.29, 1.82) is 0 Å². The quantitative estimate of drug-likeness (QED) is 0.275. The molecule has 12 nitrogen and oxygen atoms in total. The van der Waals surface area contributed by atoms with Gasteiger partial charge in [0.2, 0.25) is 11.7 Å². The Morgan fingerprint density at radius 2 is 1.78 bits per heavy atom. The molecule has 0 bridgehead atoms. The Hall–Kier alpha value is -5.32. The molecule has 0 spiro atoms. The SMILES string of the molecule is CCc1c(N2CCN(C(=O)c3c(F)ccc(F)c3O)CC2)c(=O)n2nc(C3=CCOCC3)nc2n1CC(=O)Nc1ccc(C(F)(F)F)cc1C. The summed E-state index contributed by atoms with van der Waals surface area (Å²) in [6.45, 7) is 3.72. The molecule has 1 saturated heterocycles. The fourth-order valence-electron chi connectivity index (χ4n) is 6.14. The van der Waals surface area contributed by atoms with Crippen molar-refractivity contribution in [3.63, 3.8) is 0 Å². The molecule has 6 rings (SSSR count). The minimum absolute atomic E-state index is 0.0158. The van der Waals surface area contributed by atoms with Crippen molar-refractivity contribution in [2.24, 2.45) is 0 Å². The first-order chi connectivity index (χ1) is 23.8. The molecular weight excluding hydrogens is 669 g/mol. The number of benzene rings is 2. The molecule has 4 heterocycles. The highest BCUT2D eigenvalue weighted by Crippen LogP contribution is 2.32. The van der Waals surface area contributed by atoms with Gasteiger partial charge in [0.15, 0.2) is 17.4 Å². The number of hydrogen-bond acceptors (Lipinski definition) is 8. The van der Waals surface area contributed by atoms with Crippen LogP contribution >= 0.6 is 0 Å². The van der Waals surface area contributed by atoms with Crippen LogP contribution in [0.5, 0.6) is 5.75 Å². The zero-order valence-electron chi connectivity index (χ0n) is 27.0. The van der Waals surface area contributed by atoms with E-state index in [-0.39, 0.29) is 67.7 Å². The van der Waals surface area contributed by atoms with Crippen molar-refractivity contribution < 1.29 is 41.4 Å². The van der Waals surface area contributed by atoms with E-state index in [0.29, 0.717) is 31.4 Å². The highest BCUT2D eigenvalue weighted by atomic mass is 19.4. The smallest absolute Gasteiger partial charge is 0.416 e. The molecule has 2 aliphatic heterocycles. The van der Waals surface area contributed by atoms with Gasteiger partial charge in [0.05, 0.1) is 24.5 Å². The third-order valence-electron chi connectivity index (χ3n) is 8.72. The Morgan fingerprint density at radius 1 is 1.06 bits per heavy atom. The normalized spacial score (nSPS) is 15.4. The summed E-state index contributed by atoms with van der Waals surface area (Å²) in [4.78, 5) is 48.3. The number of hydrogen-bond donors (Lipinski definition) is 2. The summed E-state index contributed by atoms with van der Waals surface area (Å²) < 4.78 is 76.1. The van der Waals surface area contributed by atoms with E-state index in [4.69, 9.17) is 4.74 Å². The van der Waals surface area contributed by atoms with E-state index in [9.17, 15) is 41.4 Å². The van der Waals surface area contributed by atoms with Gasteiger partial charge in [0.1, 0.15) is 23.6 Å². The fraction of sp³-hybridized carbons (Fsp3) is 0.364. The number of carbonyl (C=O) groups is 2. The van der Waals surface area contributed by atoms with Crippen molar-refractivity contribution in [3.05, 3.63) is 86.6 Å². The third kappa shape index (κ3) is 6.51. The minimum Gasteiger partial charge on any atom is -0.504 e. The maximum atomic E-state index is 14.5. The first-order valence-corrected chi connectivity index (χ1v) is 15.8. The first kappa shape index (κ1) is 34.5.